The third kappa shape index (κ3) is 5.70. The standard InChI is InChI=1S/C29H33N9O2S/c1-3-22-15-31-29(41-22)34-28(40)19-8-6-18(7-9-19)25-24-26(30)32-17-33-27(24)38(35-25)21-12-14-37(16-21)23(39)5-4-13-36(2)20-10-11-20/h4-9,15,17,20-21H,3,10-14,16H2,1-2H3,(H2,30,32,33)(H,31,34,40)/b5-4+/t21-/m1/s1. The number of nitrogens with two attached hydrogens (primary N) is 1. The van der Waals surface area contributed by atoms with E-state index in [1.165, 1.54) is 30.5 Å². The van der Waals surface area contributed by atoms with Crippen molar-refractivity contribution >= 4 is 45.1 Å². The summed E-state index contributed by atoms with van der Waals surface area (Å²) < 4.78 is 1.87. The van der Waals surface area contributed by atoms with E-state index in [1.54, 1.807) is 24.4 Å². The summed E-state index contributed by atoms with van der Waals surface area (Å²) in [6, 6.07) is 7.83. The molecule has 41 heavy (non-hydrogen) atoms. The van der Waals surface area contributed by atoms with Crippen molar-refractivity contribution in [3.8, 4) is 11.3 Å². The van der Waals surface area contributed by atoms with Gasteiger partial charge >= 0.3 is 0 Å². The molecule has 12 heteroatoms. The number of benzene rings is 1. The highest BCUT2D eigenvalue weighted by Crippen LogP contribution is 2.34. The average Bonchev–Trinajstić information content (AvgIpc) is 3.36. The van der Waals surface area contributed by atoms with Crippen LogP contribution in [0.15, 0.2) is 48.9 Å². The Morgan fingerprint density at radius 1 is 1.17 bits per heavy atom. The molecule has 2 amide bonds. The van der Waals surface area contributed by atoms with Crippen LogP contribution in [-0.4, -0.2) is 79.1 Å². The molecule has 0 radical (unpaired) electrons. The number of aryl methyl sites for hydroxylation is 1. The second-order valence-corrected chi connectivity index (χ2v) is 11.7. The van der Waals surface area contributed by atoms with Crippen LogP contribution in [0.25, 0.3) is 22.3 Å². The molecule has 1 aliphatic carbocycles. The first kappa shape index (κ1) is 27.0. The molecule has 0 spiro atoms. The zero-order valence-corrected chi connectivity index (χ0v) is 24.0. The first-order valence-corrected chi connectivity index (χ1v) is 14.7. The zero-order valence-electron chi connectivity index (χ0n) is 23.2. The number of thiazole rings is 1. The fourth-order valence-electron chi connectivity index (χ4n) is 5.16. The number of likely N-dealkylation sites (tertiary alicyclic amines) is 1. The van der Waals surface area contributed by atoms with Crippen molar-refractivity contribution in [2.24, 2.45) is 0 Å². The summed E-state index contributed by atoms with van der Waals surface area (Å²) in [5.74, 6) is 0.123. The second-order valence-electron chi connectivity index (χ2n) is 10.6. The molecule has 11 nitrogen and oxygen atoms in total. The summed E-state index contributed by atoms with van der Waals surface area (Å²) in [4.78, 5) is 43.9. The van der Waals surface area contributed by atoms with Crippen molar-refractivity contribution in [1.29, 1.82) is 0 Å². The van der Waals surface area contributed by atoms with Gasteiger partial charge in [0.05, 0.1) is 11.4 Å². The van der Waals surface area contributed by atoms with E-state index >= 15 is 0 Å². The van der Waals surface area contributed by atoms with Crippen molar-refractivity contribution in [3.63, 3.8) is 0 Å². The number of carbonyl (C=O) groups is 2. The largest absolute Gasteiger partial charge is 0.383 e. The number of likely N-dealkylation sites (N-methyl/N-ethyl adjacent to an activating group) is 1. The molecule has 212 valence electrons. The van der Waals surface area contributed by atoms with Gasteiger partial charge in [0.2, 0.25) is 5.91 Å². The SMILES string of the molecule is CCc1cnc(NC(=O)c2ccc(-c3nn([C@@H]4CCN(C(=O)/C=C/CN(C)C5CC5)C4)c4ncnc(N)c34)cc2)s1. The monoisotopic (exact) mass is 571 g/mol. The topological polar surface area (TPSA) is 135 Å². The van der Waals surface area contributed by atoms with Gasteiger partial charge in [0, 0.05) is 54.0 Å². The molecular formula is C29H33N9O2S. The van der Waals surface area contributed by atoms with Crippen LogP contribution >= 0.6 is 11.3 Å². The van der Waals surface area contributed by atoms with Crippen molar-refractivity contribution in [2.75, 3.05) is 37.7 Å². The van der Waals surface area contributed by atoms with Gasteiger partial charge in [0.15, 0.2) is 10.8 Å². The van der Waals surface area contributed by atoms with Crippen LogP contribution in [0.2, 0.25) is 0 Å². The lowest BCUT2D eigenvalue weighted by Crippen LogP contribution is -2.28. The molecule has 2 fully saturated rings. The molecule has 0 bridgehead atoms. The first-order chi connectivity index (χ1) is 19.9. The molecular weight excluding hydrogens is 538 g/mol. The lowest BCUT2D eigenvalue weighted by molar-refractivity contribution is -0.125. The first-order valence-electron chi connectivity index (χ1n) is 13.9. The fourth-order valence-corrected chi connectivity index (χ4v) is 5.91. The number of nitrogen functional groups attached to an aromatic ring is 1. The predicted octanol–water partition coefficient (Wildman–Crippen LogP) is 3.77. The number of nitrogens with one attached hydrogen (secondary N) is 1. The number of rotatable bonds is 9. The van der Waals surface area contributed by atoms with E-state index in [1.807, 2.05) is 27.8 Å². The minimum atomic E-state index is -0.226. The Morgan fingerprint density at radius 2 is 1.98 bits per heavy atom. The molecule has 3 aromatic heterocycles. The molecule has 1 atom stereocenters. The molecule has 4 heterocycles. The Balaban J connectivity index is 1.19. The van der Waals surface area contributed by atoms with Crippen molar-refractivity contribution in [1.82, 2.24) is 34.5 Å². The smallest absolute Gasteiger partial charge is 0.257 e. The molecule has 2 aliphatic rings. The van der Waals surface area contributed by atoms with Gasteiger partial charge in [-0.1, -0.05) is 25.1 Å². The third-order valence-electron chi connectivity index (χ3n) is 7.71. The Kier molecular flexibility index (Phi) is 7.50. The van der Waals surface area contributed by atoms with Crippen molar-refractivity contribution in [2.45, 2.75) is 44.7 Å². The average molecular weight is 572 g/mol. The quantitative estimate of drug-likeness (QED) is 0.290. The maximum Gasteiger partial charge on any atom is 0.257 e. The van der Waals surface area contributed by atoms with Crippen LogP contribution in [0.5, 0.6) is 0 Å². The summed E-state index contributed by atoms with van der Waals surface area (Å²) >= 11 is 1.47. The fraction of sp³-hybridized carbons (Fsp3) is 0.379. The maximum atomic E-state index is 12.9. The molecule has 1 saturated heterocycles. The molecule has 1 aromatic carbocycles. The van der Waals surface area contributed by atoms with Gasteiger partial charge in [-0.05, 0) is 44.9 Å². The highest BCUT2D eigenvalue weighted by Gasteiger charge is 2.30. The van der Waals surface area contributed by atoms with Crippen LogP contribution in [0.1, 0.15) is 47.5 Å². The van der Waals surface area contributed by atoms with Crippen molar-refractivity contribution in [3.05, 3.63) is 59.4 Å². The molecule has 4 aromatic rings. The summed E-state index contributed by atoms with van der Waals surface area (Å²) in [6.07, 6.45) is 11.0. The van der Waals surface area contributed by atoms with Gasteiger partial charge < -0.3 is 10.6 Å². The van der Waals surface area contributed by atoms with E-state index in [4.69, 9.17) is 10.8 Å². The van der Waals surface area contributed by atoms with Gasteiger partial charge in [-0.2, -0.15) is 5.10 Å². The maximum absolute atomic E-state index is 12.9. The Labute approximate surface area is 242 Å². The van der Waals surface area contributed by atoms with E-state index in [2.05, 4.69) is 39.1 Å². The van der Waals surface area contributed by atoms with E-state index in [0.717, 1.165) is 29.8 Å². The Morgan fingerprint density at radius 3 is 2.71 bits per heavy atom. The normalized spacial score (nSPS) is 17.2. The van der Waals surface area contributed by atoms with Crippen LogP contribution < -0.4 is 11.1 Å². The van der Waals surface area contributed by atoms with Crippen LogP contribution in [0.3, 0.4) is 0 Å². The number of carbonyl (C=O) groups excluding carboxylic acids is 2. The van der Waals surface area contributed by atoms with Gasteiger partial charge in [0.25, 0.3) is 5.91 Å². The number of amides is 2. The summed E-state index contributed by atoms with van der Waals surface area (Å²) in [5, 5.41) is 9.02. The van der Waals surface area contributed by atoms with E-state index < -0.39 is 0 Å². The van der Waals surface area contributed by atoms with Gasteiger partial charge in [-0.25, -0.2) is 19.6 Å². The molecule has 1 aliphatic heterocycles. The number of aromatic nitrogens is 5. The van der Waals surface area contributed by atoms with Crippen LogP contribution in [0.4, 0.5) is 10.9 Å². The Hall–Kier alpha value is -4.16. The zero-order chi connectivity index (χ0) is 28.5. The number of nitrogens with zero attached hydrogens (tertiary/aromatic N) is 7. The van der Waals surface area contributed by atoms with Crippen LogP contribution in [-0.2, 0) is 11.2 Å². The highest BCUT2D eigenvalue weighted by atomic mass is 32.1. The van der Waals surface area contributed by atoms with Gasteiger partial charge in [-0.15, -0.1) is 11.3 Å². The molecule has 6 rings (SSSR count). The lowest BCUT2D eigenvalue weighted by atomic mass is 10.1. The molecule has 0 unspecified atom stereocenters. The van der Waals surface area contributed by atoms with E-state index in [-0.39, 0.29) is 17.9 Å². The summed E-state index contributed by atoms with van der Waals surface area (Å²) in [6.45, 7) is 4.02. The highest BCUT2D eigenvalue weighted by molar-refractivity contribution is 7.15. The minimum Gasteiger partial charge on any atom is -0.383 e. The summed E-state index contributed by atoms with van der Waals surface area (Å²) in [7, 11) is 2.10. The lowest BCUT2D eigenvalue weighted by Gasteiger charge is -2.16. The summed E-state index contributed by atoms with van der Waals surface area (Å²) in [5.41, 5.74) is 8.89. The molecule has 1 saturated carbocycles. The van der Waals surface area contributed by atoms with Gasteiger partial charge in [-0.3, -0.25) is 19.8 Å². The van der Waals surface area contributed by atoms with E-state index in [9.17, 15) is 9.59 Å². The number of fused-ring (bicyclic) bond motifs is 1. The van der Waals surface area contributed by atoms with Gasteiger partial charge in [0.1, 0.15) is 17.8 Å². The number of anilines is 2. The molecule has 3 N–H and O–H groups in total. The van der Waals surface area contributed by atoms with Crippen molar-refractivity contribution < 1.29 is 9.59 Å². The number of hydrogen-bond acceptors (Lipinski definition) is 9. The third-order valence-corrected chi connectivity index (χ3v) is 8.76. The van der Waals surface area contributed by atoms with E-state index in [0.29, 0.717) is 52.4 Å². The number of hydrogen-bond donors (Lipinski definition) is 2. The van der Waals surface area contributed by atoms with Crippen LogP contribution in [0, 0.1) is 0 Å². The Bertz CT molecular complexity index is 1610. The second kappa shape index (κ2) is 11.4. The predicted molar refractivity (Wildman–Crippen MR) is 160 cm³/mol. The minimum absolute atomic E-state index is 0.0139.